The first-order chi connectivity index (χ1) is 10.7. The lowest BCUT2D eigenvalue weighted by molar-refractivity contribution is -0.117. The molecule has 0 amide bonds. The Bertz CT molecular complexity index is 491. The zero-order valence-corrected chi connectivity index (χ0v) is 14.8. The SMILES string of the molecule is CC(=O)C(C1=NC2CCCCC2S1)C1=NC2CCCCC2S1. The molecule has 4 rings (SSSR count). The fraction of sp³-hybridized carbons (Fsp3) is 0.824. The van der Waals surface area contributed by atoms with Gasteiger partial charge in [-0.1, -0.05) is 25.7 Å². The highest BCUT2D eigenvalue weighted by molar-refractivity contribution is 8.17. The van der Waals surface area contributed by atoms with Crippen LogP contribution < -0.4 is 0 Å². The molecule has 0 aromatic carbocycles. The van der Waals surface area contributed by atoms with E-state index >= 15 is 0 Å². The monoisotopic (exact) mass is 336 g/mol. The van der Waals surface area contributed by atoms with Gasteiger partial charge in [-0.15, -0.1) is 23.5 Å². The average molecular weight is 337 g/mol. The lowest BCUT2D eigenvalue weighted by atomic mass is 9.95. The Balaban J connectivity index is 1.56. The standard InChI is InChI=1S/C17H24N2OS2/c1-10(20)15(16-18-11-6-2-4-8-13(11)21-16)17-19-12-7-3-5-9-14(12)22-17/h11-15H,2-9H2,1H3. The molecule has 4 atom stereocenters. The van der Waals surface area contributed by atoms with Crippen LogP contribution in [-0.4, -0.2) is 38.5 Å². The second-order valence-corrected chi connectivity index (χ2v) is 9.51. The van der Waals surface area contributed by atoms with Crippen LogP contribution in [0.5, 0.6) is 0 Å². The molecular formula is C17H24N2OS2. The summed E-state index contributed by atoms with van der Waals surface area (Å²) in [5.41, 5.74) is 0. The largest absolute Gasteiger partial charge is 0.299 e. The van der Waals surface area contributed by atoms with Crippen LogP contribution >= 0.6 is 23.5 Å². The van der Waals surface area contributed by atoms with Crippen molar-refractivity contribution in [3.8, 4) is 0 Å². The summed E-state index contributed by atoms with van der Waals surface area (Å²) in [4.78, 5) is 22.3. The molecule has 3 nitrogen and oxygen atoms in total. The van der Waals surface area contributed by atoms with Gasteiger partial charge >= 0.3 is 0 Å². The summed E-state index contributed by atoms with van der Waals surface area (Å²) in [6, 6.07) is 0.926. The van der Waals surface area contributed by atoms with Crippen LogP contribution in [0, 0.1) is 5.92 Å². The molecule has 4 aliphatic rings. The fourth-order valence-electron chi connectivity index (χ4n) is 4.16. The maximum Gasteiger partial charge on any atom is 0.145 e. The first-order valence-corrected chi connectivity index (χ1v) is 10.5. The molecule has 0 N–H and O–H groups in total. The molecule has 0 spiro atoms. The normalized spacial score (nSPS) is 38.8. The number of hydrogen-bond acceptors (Lipinski definition) is 5. The van der Waals surface area contributed by atoms with Gasteiger partial charge in [-0.2, -0.15) is 0 Å². The van der Waals surface area contributed by atoms with Gasteiger partial charge in [0.05, 0.1) is 22.2 Å². The van der Waals surface area contributed by atoms with Gasteiger partial charge in [-0.25, -0.2) is 0 Å². The fourth-order valence-corrected chi connectivity index (χ4v) is 7.35. The molecular weight excluding hydrogens is 312 g/mol. The van der Waals surface area contributed by atoms with E-state index in [2.05, 4.69) is 0 Å². The third kappa shape index (κ3) is 2.79. The van der Waals surface area contributed by atoms with Gasteiger partial charge in [-0.05, 0) is 32.6 Å². The predicted octanol–water partition coefficient (Wildman–Crippen LogP) is 4.10. The number of carbonyl (C=O) groups is 1. The number of fused-ring (bicyclic) bond motifs is 2. The molecule has 0 aromatic heterocycles. The summed E-state index contributed by atoms with van der Waals surface area (Å²) >= 11 is 3.77. The first kappa shape index (κ1) is 15.3. The maximum absolute atomic E-state index is 12.3. The molecule has 2 fully saturated rings. The van der Waals surface area contributed by atoms with Crippen LogP contribution in [0.2, 0.25) is 0 Å². The second kappa shape index (κ2) is 6.31. The van der Waals surface area contributed by atoms with E-state index in [1.165, 1.54) is 51.4 Å². The molecule has 2 heterocycles. The van der Waals surface area contributed by atoms with Crippen LogP contribution in [-0.2, 0) is 4.79 Å². The van der Waals surface area contributed by atoms with Gasteiger partial charge in [0.15, 0.2) is 0 Å². The molecule has 0 bridgehead atoms. The van der Waals surface area contributed by atoms with Crippen molar-refractivity contribution in [2.45, 2.75) is 80.9 Å². The smallest absolute Gasteiger partial charge is 0.145 e. The maximum atomic E-state index is 12.3. The summed E-state index contributed by atoms with van der Waals surface area (Å²) in [6.45, 7) is 1.72. The minimum absolute atomic E-state index is 0.147. The first-order valence-electron chi connectivity index (χ1n) is 8.71. The number of hydrogen-bond donors (Lipinski definition) is 0. The van der Waals surface area contributed by atoms with E-state index < -0.39 is 0 Å². The molecule has 120 valence electrons. The molecule has 2 aliphatic carbocycles. The van der Waals surface area contributed by atoms with Gasteiger partial charge in [0.2, 0.25) is 0 Å². The van der Waals surface area contributed by atoms with E-state index in [9.17, 15) is 4.79 Å². The molecule has 5 heteroatoms. The molecule has 4 unspecified atom stereocenters. The summed E-state index contributed by atoms with van der Waals surface area (Å²) in [6.07, 6.45) is 10.2. The summed E-state index contributed by atoms with van der Waals surface area (Å²) in [5.74, 6) is 0.0843. The number of carbonyl (C=O) groups excluding carboxylic acids is 1. The van der Waals surface area contributed by atoms with E-state index in [4.69, 9.17) is 9.98 Å². The zero-order chi connectivity index (χ0) is 15.1. The van der Waals surface area contributed by atoms with Crippen molar-refractivity contribution in [1.82, 2.24) is 0 Å². The highest BCUT2D eigenvalue weighted by Gasteiger charge is 2.42. The topological polar surface area (TPSA) is 41.8 Å². The second-order valence-electron chi connectivity index (χ2n) is 6.99. The van der Waals surface area contributed by atoms with Crippen molar-refractivity contribution in [2.24, 2.45) is 15.9 Å². The highest BCUT2D eigenvalue weighted by atomic mass is 32.2. The van der Waals surface area contributed by atoms with E-state index in [-0.39, 0.29) is 11.7 Å². The Hall–Kier alpha value is -0.290. The summed E-state index contributed by atoms with van der Waals surface area (Å²) in [5, 5.41) is 3.41. The molecule has 0 radical (unpaired) electrons. The van der Waals surface area contributed by atoms with Crippen molar-refractivity contribution in [1.29, 1.82) is 0 Å². The molecule has 2 aliphatic heterocycles. The van der Waals surface area contributed by atoms with Crippen molar-refractivity contribution in [3.05, 3.63) is 0 Å². The Morgan fingerprint density at radius 1 is 0.909 bits per heavy atom. The molecule has 0 aromatic rings. The number of aliphatic imine (C=N–C) groups is 2. The van der Waals surface area contributed by atoms with Crippen LogP contribution in [0.3, 0.4) is 0 Å². The summed E-state index contributed by atoms with van der Waals surface area (Å²) in [7, 11) is 0. The van der Waals surface area contributed by atoms with Gasteiger partial charge in [0.25, 0.3) is 0 Å². The summed E-state index contributed by atoms with van der Waals surface area (Å²) < 4.78 is 0. The number of ketones is 1. The van der Waals surface area contributed by atoms with Crippen LogP contribution in [0.1, 0.15) is 58.3 Å². The Labute approximate surface area is 141 Å². The van der Waals surface area contributed by atoms with Gasteiger partial charge in [0.1, 0.15) is 11.7 Å². The van der Waals surface area contributed by atoms with Gasteiger partial charge < -0.3 is 0 Å². The lowest BCUT2D eigenvalue weighted by Crippen LogP contribution is -2.26. The predicted molar refractivity (Wildman–Crippen MR) is 96.3 cm³/mol. The van der Waals surface area contributed by atoms with E-state index in [1.54, 1.807) is 6.92 Å². The van der Waals surface area contributed by atoms with Crippen LogP contribution in [0.4, 0.5) is 0 Å². The third-order valence-electron chi connectivity index (χ3n) is 5.37. The van der Waals surface area contributed by atoms with Crippen LogP contribution in [0.15, 0.2) is 9.98 Å². The van der Waals surface area contributed by atoms with Crippen molar-refractivity contribution >= 4 is 39.4 Å². The van der Waals surface area contributed by atoms with E-state index in [1.807, 2.05) is 23.5 Å². The lowest BCUT2D eigenvalue weighted by Gasteiger charge is -2.22. The minimum atomic E-state index is -0.147. The average Bonchev–Trinajstić information content (AvgIpc) is 3.09. The molecule has 2 saturated carbocycles. The Morgan fingerprint density at radius 3 is 1.77 bits per heavy atom. The zero-order valence-electron chi connectivity index (χ0n) is 13.2. The molecule has 0 saturated heterocycles. The molecule has 22 heavy (non-hydrogen) atoms. The number of nitrogens with zero attached hydrogens (tertiary/aromatic N) is 2. The number of Topliss-reactive ketones (excluding diaryl/α,β-unsaturated/α-hetero) is 1. The Morgan fingerprint density at radius 2 is 1.36 bits per heavy atom. The highest BCUT2D eigenvalue weighted by Crippen LogP contribution is 2.44. The Kier molecular flexibility index (Phi) is 4.37. The van der Waals surface area contributed by atoms with E-state index in [0.29, 0.717) is 22.6 Å². The van der Waals surface area contributed by atoms with Crippen LogP contribution in [0.25, 0.3) is 0 Å². The van der Waals surface area contributed by atoms with E-state index in [0.717, 1.165) is 10.1 Å². The quantitative estimate of drug-likeness (QED) is 0.779. The van der Waals surface area contributed by atoms with Gasteiger partial charge in [-0.3, -0.25) is 14.8 Å². The number of rotatable bonds is 3. The van der Waals surface area contributed by atoms with Gasteiger partial charge in [0, 0.05) is 10.5 Å². The van der Waals surface area contributed by atoms with Crippen molar-refractivity contribution in [2.75, 3.05) is 0 Å². The minimum Gasteiger partial charge on any atom is -0.299 e. The number of thioether (sulfide) groups is 2. The van der Waals surface area contributed by atoms with Crippen molar-refractivity contribution in [3.63, 3.8) is 0 Å². The van der Waals surface area contributed by atoms with Crippen molar-refractivity contribution < 1.29 is 4.79 Å². The third-order valence-corrected chi connectivity index (χ3v) is 8.24.